The molecular formula is C21H20N6O5. The molecule has 0 radical (unpaired) electrons. The summed E-state index contributed by atoms with van der Waals surface area (Å²) in [6, 6.07) is 10.4. The van der Waals surface area contributed by atoms with Gasteiger partial charge in [-0.05, 0) is 24.6 Å². The van der Waals surface area contributed by atoms with Crippen LogP contribution in [0, 0.1) is 10.1 Å². The number of amides is 1. The lowest BCUT2D eigenvalue weighted by atomic mass is 9.95. The van der Waals surface area contributed by atoms with Crippen LogP contribution < -0.4 is 20.5 Å². The average molecular weight is 436 g/mol. The second-order valence-electron chi connectivity index (χ2n) is 7.09. The molecule has 0 saturated carbocycles. The zero-order chi connectivity index (χ0) is 23.0. The number of rotatable bonds is 6. The van der Waals surface area contributed by atoms with Gasteiger partial charge in [-0.2, -0.15) is 4.98 Å². The number of nitro groups is 1. The number of nitrogens with two attached hydrogens (primary N) is 1. The average Bonchev–Trinajstić information content (AvgIpc) is 3.21. The van der Waals surface area contributed by atoms with E-state index in [-0.39, 0.29) is 11.3 Å². The first kappa shape index (κ1) is 20.8. The molecule has 11 heteroatoms. The van der Waals surface area contributed by atoms with Crippen molar-refractivity contribution in [2.75, 3.05) is 19.5 Å². The molecule has 1 aliphatic rings. The number of nitrogens with zero attached hydrogens (tertiary/aromatic N) is 4. The van der Waals surface area contributed by atoms with Crippen LogP contribution in [0.4, 0.5) is 11.6 Å². The number of anilines is 1. The fourth-order valence-corrected chi connectivity index (χ4v) is 3.65. The summed E-state index contributed by atoms with van der Waals surface area (Å²) in [5.74, 6) is 1.15. The Labute approximate surface area is 182 Å². The normalized spacial score (nSPS) is 15.0. The Morgan fingerprint density at radius 2 is 1.88 bits per heavy atom. The molecular weight excluding hydrogens is 416 g/mol. The highest BCUT2D eigenvalue weighted by Gasteiger charge is 2.34. The zero-order valence-corrected chi connectivity index (χ0v) is 17.5. The van der Waals surface area contributed by atoms with E-state index in [9.17, 15) is 14.9 Å². The first-order valence-corrected chi connectivity index (χ1v) is 9.54. The van der Waals surface area contributed by atoms with Gasteiger partial charge in [-0.25, -0.2) is 4.68 Å². The van der Waals surface area contributed by atoms with Crippen LogP contribution in [-0.2, 0) is 4.79 Å². The van der Waals surface area contributed by atoms with E-state index in [0.29, 0.717) is 40.1 Å². The molecule has 2 heterocycles. The van der Waals surface area contributed by atoms with Gasteiger partial charge in [0, 0.05) is 29.5 Å². The molecule has 11 nitrogen and oxygen atoms in total. The molecule has 1 atom stereocenters. The van der Waals surface area contributed by atoms with Crippen LogP contribution in [0.25, 0.3) is 11.4 Å². The Bertz CT molecular complexity index is 1240. The van der Waals surface area contributed by atoms with Crippen LogP contribution in [0.1, 0.15) is 18.5 Å². The maximum Gasteiger partial charge on any atom is 0.269 e. The Balaban J connectivity index is 1.89. The number of allylic oxidation sites excluding steroid dienone is 1. The molecule has 0 spiro atoms. The predicted octanol–water partition coefficient (Wildman–Crippen LogP) is 2.64. The number of carbonyl (C=O) groups is 1. The number of benzene rings is 2. The third-order valence-corrected chi connectivity index (χ3v) is 5.12. The Morgan fingerprint density at radius 3 is 2.47 bits per heavy atom. The molecule has 3 N–H and O–H groups in total. The quantitative estimate of drug-likeness (QED) is 0.443. The summed E-state index contributed by atoms with van der Waals surface area (Å²) in [6.45, 7) is 1.69. The van der Waals surface area contributed by atoms with Crippen LogP contribution in [0.3, 0.4) is 0 Å². The summed E-state index contributed by atoms with van der Waals surface area (Å²) >= 11 is 0. The van der Waals surface area contributed by atoms with Crippen LogP contribution >= 0.6 is 0 Å². The van der Waals surface area contributed by atoms with Gasteiger partial charge in [-0.15, -0.1) is 5.10 Å². The number of primary amides is 1. The molecule has 3 aromatic rings. The van der Waals surface area contributed by atoms with E-state index in [1.54, 1.807) is 37.3 Å². The number of hydrogen-bond donors (Lipinski definition) is 2. The van der Waals surface area contributed by atoms with Gasteiger partial charge in [0.15, 0.2) is 5.82 Å². The number of nitrogens with one attached hydrogen (secondary N) is 1. The lowest BCUT2D eigenvalue weighted by Crippen LogP contribution is -2.31. The highest BCUT2D eigenvalue weighted by atomic mass is 16.6. The highest BCUT2D eigenvalue weighted by molar-refractivity contribution is 5.95. The third kappa shape index (κ3) is 3.60. The molecule has 0 bridgehead atoms. The standard InChI is InChI=1S/C21H20N6O5/c1-11-17(19(22)28)18(12-5-4-6-14(7-12)27(29)30)26-21(23-11)24-20(25-26)13-8-15(31-2)10-16(9-13)32-3/h4-10,18H,1-3H3,(H2,22,28)(H,23,24,25). The molecule has 1 aromatic heterocycles. The molecule has 164 valence electrons. The Kier molecular flexibility index (Phi) is 5.23. The third-order valence-electron chi connectivity index (χ3n) is 5.12. The number of non-ortho nitro benzene ring substituents is 1. The van der Waals surface area contributed by atoms with Gasteiger partial charge in [-0.1, -0.05) is 12.1 Å². The van der Waals surface area contributed by atoms with Gasteiger partial charge >= 0.3 is 0 Å². The fraction of sp³-hybridized carbons (Fsp3) is 0.190. The van der Waals surface area contributed by atoms with Crippen LogP contribution in [0.15, 0.2) is 53.7 Å². The second-order valence-corrected chi connectivity index (χ2v) is 7.09. The van der Waals surface area contributed by atoms with Crippen LogP contribution in [-0.4, -0.2) is 39.8 Å². The van der Waals surface area contributed by atoms with Gasteiger partial charge in [0.05, 0.1) is 24.7 Å². The number of nitro benzene ring substituents is 1. The van der Waals surface area contributed by atoms with E-state index < -0.39 is 16.9 Å². The number of ether oxygens (including phenoxy) is 2. The van der Waals surface area contributed by atoms with Gasteiger partial charge < -0.3 is 20.5 Å². The highest BCUT2D eigenvalue weighted by Crippen LogP contribution is 2.37. The van der Waals surface area contributed by atoms with Crippen molar-refractivity contribution in [1.29, 1.82) is 0 Å². The van der Waals surface area contributed by atoms with Crippen molar-refractivity contribution in [3.8, 4) is 22.9 Å². The van der Waals surface area contributed by atoms with E-state index >= 15 is 0 Å². The fourth-order valence-electron chi connectivity index (χ4n) is 3.65. The molecule has 0 fully saturated rings. The van der Waals surface area contributed by atoms with Crippen molar-refractivity contribution < 1.29 is 19.2 Å². The van der Waals surface area contributed by atoms with Gasteiger partial charge in [-0.3, -0.25) is 14.9 Å². The molecule has 2 aromatic carbocycles. The molecule has 1 unspecified atom stereocenters. The molecule has 0 aliphatic carbocycles. The SMILES string of the molecule is COc1cc(OC)cc(-c2nc3n(n2)C(c2cccc([N+](=O)[O-])c2)C(C(N)=O)=C(C)N3)c1. The minimum atomic E-state index is -0.794. The molecule has 4 rings (SSSR count). The number of methoxy groups -OCH3 is 2. The lowest BCUT2D eigenvalue weighted by Gasteiger charge is -2.27. The summed E-state index contributed by atoms with van der Waals surface area (Å²) in [5.41, 5.74) is 7.39. The second kappa shape index (κ2) is 8.02. The maximum atomic E-state index is 12.3. The minimum absolute atomic E-state index is 0.109. The Hall–Kier alpha value is -4.41. The summed E-state index contributed by atoms with van der Waals surface area (Å²) < 4.78 is 12.1. The first-order chi connectivity index (χ1) is 15.3. The van der Waals surface area contributed by atoms with Crippen molar-refractivity contribution in [2.45, 2.75) is 13.0 Å². The molecule has 0 saturated heterocycles. The summed E-state index contributed by atoms with van der Waals surface area (Å²) in [5, 5.41) is 18.9. The summed E-state index contributed by atoms with van der Waals surface area (Å²) in [7, 11) is 3.08. The van der Waals surface area contributed by atoms with E-state index in [0.717, 1.165) is 0 Å². The number of fused-ring (bicyclic) bond motifs is 1. The van der Waals surface area contributed by atoms with Crippen molar-refractivity contribution >= 4 is 17.5 Å². The Morgan fingerprint density at radius 1 is 1.19 bits per heavy atom. The van der Waals surface area contributed by atoms with Crippen LogP contribution in [0.2, 0.25) is 0 Å². The number of aromatic nitrogens is 3. The van der Waals surface area contributed by atoms with Gasteiger partial charge in [0.25, 0.3) is 5.69 Å². The van der Waals surface area contributed by atoms with Crippen molar-refractivity contribution in [1.82, 2.24) is 14.8 Å². The molecule has 1 amide bonds. The minimum Gasteiger partial charge on any atom is -0.497 e. The maximum absolute atomic E-state index is 12.3. The van der Waals surface area contributed by atoms with E-state index in [1.165, 1.54) is 31.0 Å². The zero-order valence-electron chi connectivity index (χ0n) is 17.5. The predicted molar refractivity (Wildman–Crippen MR) is 115 cm³/mol. The van der Waals surface area contributed by atoms with Crippen molar-refractivity contribution in [3.63, 3.8) is 0 Å². The lowest BCUT2D eigenvalue weighted by molar-refractivity contribution is -0.384. The van der Waals surface area contributed by atoms with Gasteiger partial charge in [0.1, 0.15) is 17.5 Å². The number of carbonyl (C=O) groups excluding carboxylic acids is 1. The summed E-state index contributed by atoms with van der Waals surface area (Å²) in [4.78, 5) is 27.7. The summed E-state index contributed by atoms with van der Waals surface area (Å²) in [6.07, 6.45) is 0. The van der Waals surface area contributed by atoms with E-state index in [4.69, 9.17) is 15.2 Å². The first-order valence-electron chi connectivity index (χ1n) is 9.54. The number of hydrogen-bond acceptors (Lipinski definition) is 8. The van der Waals surface area contributed by atoms with E-state index in [1.807, 2.05) is 0 Å². The monoisotopic (exact) mass is 436 g/mol. The van der Waals surface area contributed by atoms with Gasteiger partial charge in [0.2, 0.25) is 11.9 Å². The molecule has 32 heavy (non-hydrogen) atoms. The van der Waals surface area contributed by atoms with Crippen molar-refractivity contribution in [3.05, 3.63) is 69.4 Å². The smallest absolute Gasteiger partial charge is 0.269 e. The van der Waals surface area contributed by atoms with Crippen molar-refractivity contribution in [2.24, 2.45) is 5.73 Å². The van der Waals surface area contributed by atoms with E-state index in [2.05, 4.69) is 15.4 Å². The largest absolute Gasteiger partial charge is 0.497 e. The van der Waals surface area contributed by atoms with Crippen LogP contribution in [0.5, 0.6) is 11.5 Å². The topological polar surface area (TPSA) is 147 Å². The molecule has 1 aliphatic heterocycles.